The summed E-state index contributed by atoms with van der Waals surface area (Å²) in [7, 11) is 0. The van der Waals surface area contributed by atoms with Crippen LogP contribution in [0.2, 0.25) is 0 Å². The molecular weight excluding hydrogens is 705 g/mol. The summed E-state index contributed by atoms with van der Waals surface area (Å²) in [6.45, 7) is 12.8. The molecule has 0 bridgehead atoms. The van der Waals surface area contributed by atoms with Gasteiger partial charge in [-0.3, -0.25) is 14.9 Å². The molecule has 10 heteroatoms. The Bertz CT molecular complexity index is 1830. The van der Waals surface area contributed by atoms with Crippen molar-refractivity contribution in [2.24, 2.45) is 0 Å². The molecule has 0 heterocycles. The van der Waals surface area contributed by atoms with Crippen LogP contribution in [0.1, 0.15) is 88.6 Å². The van der Waals surface area contributed by atoms with Gasteiger partial charge in [0.2, 0.25) is 11.8 Å². The van der Waals surface area contributed by atoms with Gasteiger partial charge in [-0.15, -0.1) is 0 Å². The predicted molar refractivity (Wildman–Crippen MR) is 220 cm³/mol. The zero-order chi connectivity index (χ0) is 40.8. The van der Waals surface area contributed by atoms with Crippen molar-refractivity contribution < 1.29 is 28.7 Å². The van der Waals surface area contributed by atoms with Crippen LogP contribution in [0.5, 0.6) is 0 Å². The number of rotatable bonds is 17. The third-order valence-electron chi connectivity index (χ3n) is 8.91. The molecule has 4 aromatic rings. The van der Waals surface area contributed by atoms with E-state index in [0.29, 0.717) is 25.8 Å². The number of carbonyl (C=O) groups excluding carboxylic acids is 4. The summed E-state index contributed by atoms with van der Waals surface area (Å²) in [6, 6.07) is 36.5. The van der Waals surface area contributed by atoms with Crippen molar-refractivity contribution in [2.45, 2.75) is 103 Å². The van der Waals surface area contributed by atoms with Crippen molar-refractivity contribution in [2.75, 3.05) is 13.1 Å². The summed E-state index contributed by atoms with van der Waals surface area (Å²) < 4.78 is 11.0. The van der Waals surface area contributed by atoms with Crippen LogP contribution in [0.4, 0.5) is 4.79 Å². The molecule has 298 valence electrons. The molecule has 2 atom stereocenters. The number of alkyl carbamates (subject to hydrolysis) is 1. The van der Waals surface area contributed by atoms with Gasteiger partial charge in [0.1, 0.15) is 29.8 Å². The number of amides is 3. The SMILES string of the molecule is Cc1cccc(C(NCCCC[C@H](NC(=O)[C@H](Cc2ccccc2)NC(=O)CNC(=O)OC(C)(C)C)C(=O)OC(C)(C)C)(c2ccccc2)c2ccccc2)c1. The molecule has 0 aliphatic carbocycles. The minimum atomic E-state index is -1.04. The molecule has 0 saturated heterocycles. The largest absolute Gasteiger partial charge is 0.458 e. The minimum absolute atomic E-state index is 0.163. The van der Waals surface area contributed by atoms with Gasteiger partial charge in [0.25, 0.3) is 0 Å². The van der Waals surface area contributed by atoms with E-state index < -0.39 is 59.2 Å². The van der Waals surface area contributed by atoms with Crippen molar-refractivity contribution in [3.8, 4) is 0 Å². The first kappa shape index (κ1) is 43.3. The highest BCUT2D eigenvalue weighted by molar-refractivity contribution is 5.92. The fraction of sp³-hybridized carbons (Fsp3) is 0.391. The number of benzene rings is 4. The number of carbonyl (C=O) groups is 4. The first-order valence-electron chi connectivity index (χ1n) is 19.3. The number of aryl methyl sites for hydroxylation is 1. The Morgan fingerprint density at radius 2 is 1.18 bits per heavy atom. The molecule has 4 N–H and O–H groups in total. The first-order valence-corrected chi connectivity index (χ1v) is 19.3. The van der Waals surface area contributed by atoms with Crippen molar-refractivity contribution in [3.05, 3.63) is 143 Å². The monoisotopic (exact) mass is 762 g/mol. The van der Waals surface area contributed by atoms with Crippen molar-refractivity contribution in [1.82, 2.24) is 21.3 Å². The van der Waals surface area contributed by atoms with Crippen LogP contribution < -0.4 is 21.3 Å². The Kier molecular flexibility index (Phi) is 15.4. The van der Waals surface area contributed by atoms with Crippen molar-refractivity contribution in [3.63, 3.8) is 0 Å². The van der Waals surface area contributed by atoms with Gasteiger partial charge in [-0.25, -0.2) is 9.59 Å². The summed E-state index contributed by atoms with van der Waals surface area (Å²) in [5.74, 6) is -1.68. The van der Waals surface area contributed by atoms with Crippen LogP contribution in [0.25, 0.3) is 0 Å². The van der Waals surface area contributed by atoms with Crippen LogP contribution >= 0.6 is 0 Å². The van der Waals surface area contributed by atoms with Crippen LogP contribution in [0, 0.1) is 6.92 Å². The molecule has 0 unspecified atom stereocenters. The average molecular weight is 763 g/mol. The highest BCUT2D eigenvalue weighted by Crippen LogP contribution is 2.37. The summed E-state index contributed by atoms with van der Waals surface area (Å²) in [6.07, 6.45) is 0.988. The van der Waals surface area contributed by atoms with E-state index >= 15 is 0 Å². The van der Waals surface area contributed by atoms with Gasteiger partial charge in [0.05, 0.1) is 5.54 Å². The number of ether oxygens (including phenoxy) is 2. The topological polar surface area (TPSA) is 135 Å². The lowest BCUT2D eigenvalue weighted by Crippen LogP contribution is -2.54. The standard InChI is InChI=1S/C46H58N4O6/c1-33-20-19-27-37(30-33)46(35-23-13-9-14-24-35,36-25-15-10-16-26-36)48-29-18-17-28-38(42(53)55-44(2,3)4)50-41(52)39(31-34-21-11-8-12-22-34)49-40(51)32-47-43(54)56-45(5,6)7/h8-16,19-27,30,38-39,48H,17-18,28-29,31-32H2,1-7H3,(H,47,54)(H,49,51)(H,50,52)/t38-,39-/m0/s1. The third kappa shape index (κ3) is 13.4. The normalized spacial score (nSPS) is 12.8. The maximum Gasteiger partial charge on any atom is 0.408 e. The maximum absolute atomic E-state index is 13.9. The Labute approximate surface area is 332 Å². The zero-order valence-corrected chi connectivity index (χ0v) is 33.8. The van der Waals surface area contributed by atoms with E-state index in [1.54, 1.807) is 41.5 Å². The molecule has 0 saturated carbocycles. The van der Waals surface area contributed by atoms with Gasteiger partial charge >= 0.3 is 12.1 Å². The predicted octanol–water partition coefficient (Wildman–Crippen LogP) is 7.13. The Morgan fingerprint density at radius 3 is 1.73 bits per heavy atom. The molecule has 10 nitrogen and oxygen atoms in total. The highest BCUT2D eigenvalue weighted by atomic mass is 16.6. The van der Waals surface area contributed by atoms with Gasteiger partial charge < -0.3 is 25.4 Å². The molecule has 0 radical (unpaired) electrons. The molecule has 56 heavy (non-hydrogen) atoms. The molecule has 0 spiro atoms. The Hall–Kier alpha value is -5.48. The second-order valence-corrected chi connectivity index (χ2v) is 16.0. The number of hydrogen-bond acceptors (Lipinski definition) is 7. The van der Waals surface area contributed by atoms with E-state index in [4.69, 9.17) is 9.47 Å². The molecule has 4 rings (SSSR count). The molecule has 0 aliphatic rings. The van der Waals surface area contributed by atoms with Gasteiger partial charge in [0, 0.05) is 6.42 Å². The second-order valence-electron chi connectivity index (χ2n) is 16.0. The molecule has 0 aromatic heterocycles. The molecule has 0 fully saturated rings. The zero-order valence-electron chi connectivity index (χ0n) is 33.8. The van der Waals surface area contributed by atoms with Crippen molar-refractivity contribution >= 4 is 23.9 Å². The lowest BCUT2D eigenvalue weighted by Gasteiger charge is -2.37. The van der Waals surface area contributed by atoms with E-state index in [0.717, 1.165) is 27.8 Å². The molecule has 0 aliphatic heterocycles. The van der Waals surface area contributed by atoms with Crippen molar-refractivity contribution in [1.29, 1.82) is 0 Å². The van der Waals surface area contributed by atoms with Crippen LogP contribution in [-0.2, 0) is 35.8 Å². The van der Waals surface area contributed by atoms with Crippen LogP contribution in [-0.4, -0.2) is 60.3 Å². The van der Waals surface area contributed by atoms with Gasteiger partial charge in [0.15, 0.2) is 0 Å². The number of nitrogens with one attached hydrogen (secondary N) is 4. The number of unbranched alkanes of at least 4 members (excludes halogenated alkanes) is 1. The smallest absolute Gasteiger partial charge is 0.408 e. The maximum atomic E-state index is 13.9. The van der Waals surface area contributed by atoms with E-state index in [1.165, 1.54) is 0 Å². The van der Waals surface area contributed by atoms with E-state index in [-0.39, 0.29) is 6.42 Å². The van der Waals surface area contributed by atoms with Crippen LogP contribution in [0.15, 0.2) is 115 Å². The lowest BCUT2D eigenvalue weighted by molar-refractivity contribution is -0.159. The third-order valence-corrected chi connectivity index (χ3v) is 8.91. The quantitative estimate of drug-likeness (QED) is 0.0511. The molecule has 3 amide bonds. The summed E-state index contributed by atoms with van der Waals surface area (Å²) in [5.41, 5.74) is 3.10. The van der Waals surface area contributed by atoms with Gasteiger partial charge in [-0.05, 0) is 96.5 Å². The van der Waals surface area contributed by atoms with Crippen LogP contribution in [0.3, 0.4) is 0 Å². The fourth-order valence-corrected chi connectivity index (χ4v) is 6.48. The molecule has 4 aromatic carbocycles. The Morgan fingerprint density at radius 1 is 0.625 bits per heavy atom. The minimum Gasteiger partial charge on any atom is -0.458 e. The highest BCUT2D eigenvalue weighted by Gasteiger charge is 2.36. The van der Waals surface area contributed by atoms with E-state index in [1.807, 2.05) is 66.7 Å². The van der Waals surface area contributed by atoms with E-state index in [2.05, 4.69) is 76.7 Å². The van der Waals surface area contributed by atoms with Gasteiger partial charge in [-0.1, -0.05) is 121 Å². The number of esters is 1. The summed E-state index contributed by atoms with van der Waals surface area (Å²) in [5, 5.41) is 12.0. The average Bonchev–Trinajstić information content (AvgIpc) is 3.14. The lowest BCUT2D eigenvalue weighted by atomic mass is 9.76. The fourth-order valence-electron chi connectivity index (χ4n) is 6.48. The summed E-state index contributed by atoms with van der Waals surface area (Å²) >= 11 is 0. The Balaban J connectivity index is 1.51. The summed E-state index contributed by atoms with van der Waals surface area (Å²) in [4.78, 5) is 52.8. The van der Waals surface area contributed by atoms with Gasteiger partial charge in [-0.2, -0.15) is 0 Å². The molecular formula is C46H58N4O6. The first-order chi connectivity index (χ1) is 26.6. The second kappa shape index (κ2) is 19.9. The van der Waals surface area contributed by atoms with E-state index in [9.17, 15) is 19.2 Å². The number of hydrogen-bond donors (Lipinski definition) is 4.